The quantitative estimate of drug-likeness (QED) is 0.611. The molecule has 0 saturated carbocycles. The minimum absolute atomic E-state index is 0.0268. The Bertz CT molecular complexity index is 452. The fourth-order valence-electron chi connectivity index (χ4n) is 1.49. The van der Waals surface area contributed by atoms with Gasteiger partial charge in [-0.25, -0.2) is 0 Å². The number of carbonyl (C=O) groups is 1. The zero-order valence-corrected chi connectivity index (χ0v) is 10.3. The van der Waals surface area contributed by atoms with Gasteiger partial charge >= 0.3 is 0 Å². The lowest BCUT2D eigenvalue weighted by Crippen LogP contribution is -2.31. The lowest BCUT2D eigenvalue weighted by atomic mass is 10.1. The summed E-state index contributed by atoms with van der Waals surface area (Å²) in [6.45, 7) is 3.13. The van der Waals surface area contributed by atoms with Gasteiger partial charge in [0.25, 0.3) is 5.69 Å². The van der Waals surface area contributed by atoms with Crippen LogP contribution in [0.2, 0.25) is 0 Å². The van der Waals surface area contributed by atoms with Crippen molar-refractivity contribution in [1.29, 1.82) is 0 Å². The largest absolute Gasteiger partial charge is 0.390 e. The third-order valence-electron chi connectivity index (χ3n) is 2.26. The van der Waals surface area contributed by atoms with Crippen molar-refractivity contribution < 1.29 is 14.8 Å². The number of benzene rings is 1. The van der Waals surface area contributed by atoms with E-state index in [2.05, 4.69) is 5.32 Å². The first-order valence-corrected chi connectivity index (χ1v) is 5.51. The number of nitro groups is 1. The molecule has 0 aromatic heterocycles. The molecule has 1 aromatic rings. The molecule has 1 aromatic carbocycles. The zero-order chi connectivity index (χ0) is 13.8. The average Bonchev–Trinajstić information content (AvgIpc) is 2.24. The lowest BCUT2D eigenvalue weighted by molar-refractivity contribution is -0.385. The predicted molar refractivity (Wildman–Crippen MR) is 65.9 cm³/mol. The van der Waals surface area contributed by atoms with E-state index in [0.29, 0.717) is 5.56 Å². The van der Waals surface area contributed by atoms with E-state index in [-0.39, 0.29) is 24.6 Å². The van der Waals surface area contributed by atoms with Crippen molar-refractivity contribution in [1.82, 2.24) is 5.32 Å². The normalized spacial score (nSPS) is 11.1. The molecule has 1 rings (SSSR count). The summed E-state index contributed by atoms with van der Waals surface area (Å²) in [4.78, 5) is 21.7. The van der Waals surface area contributed by atoms with Crippen LogP contribution in [0.1, 0.15) is 25.8 Å². The average molecular weight is 252 g/mol. The molecule has 0 radical (unpaired) electrons. The number of nitrogens with one attached hydrogen (secondary N) is 1. The standard InChI is InChI=1S/C12H16N2O4/c1-12(2,16)7-11(15)13-8-9-5-3-4-6-10(9)14(17)18/h3-6,16H,7-8H2,1-2H3,(H,13,15). The maximum Gasteiger partial charge on any atom is 0.274 e. The van der Waals surface area contributed by atoms with Gasteiger partial charge in [-0.3, -0.25) is 14.9 Å². The fraction of sp³-hybridized carbons (Fsp3) is 0.417. The molecule has 0 bridgehead atoms. The number of nitrogens with zero attached hydrogens (tertiary/aromatic N) is 1. The van der Waals surface area contributed by atoms with Gasteiger partial charge in [-0.2, -0.15) is 0 Å². The highest BCUT2D eigenvalue weighted by Crippen LogP contribution is 2.17. The van der Waals surface area contributed by atoms with Crippen molar-refractivity contribution >= 4 is 11.6 Å². The first-order chi connectivity index (χ1) is 8.29. The fourth-order valence-corrected chi connectivity index (χ4v) is 1.49. The van der Waals surface area contributed by atoms with E-state index >= 15 is 0 Å². The van der Waals surface area contributed by atoms with Crippen molar-refractivity contribution in [3.8, 4) is 0 Å². The van der Waals surface area contributed by atoms with E-state index in [1.165, 1.54) is 19.9 Å². The Morgan fingerprint density at radius 1 is 1.44 bits per heavy atom. The highest BCUT2D eigenvalue weighted by atomic mass is 16.6. The molecule has 0 unspecified atom stereocenters. The molecule has 2 N–H and O–H groups in total. The van der Waals surface area contributed by atoms with E-state index in [1.807, 2.05) is 0 Å². The van der Waals surface area contributed by atoms with Crippen LogP contribution >= 0.6 is 0 Å². The second kappa shape index (κ2) is 5.59. The van der Waals surface area contributed by atoms with Gasteiger partial charge in [0.2, 0.25) is 5.91 Å². The molecule has 0 atom stereocenters. The first-order valence-electron chi connectivity index (χ1n) is 5.51. The number of rotatable bonds is 5. The summed E-state index contributed by atoms with van der Waals surface area (Å²) in [6, 6.07) is 6.21. The summed E-state index contributed by atoms with van der Waals surface area (Å²) in [7, 11) is 0. The zero-order valence-electron chi connectivity index (χ0n) is 10.3. The van der Waals surface area contributed by atoms with Crippen molar-refractivity contribution in [2.45, 2.75) is 32.4 Å². The number of carbonyl (C=O) groups excluding carboxylic acids is 1. The summed E-state index contributed by atoms with van der Waals surface area (Å²) in [5.74, 6) is -0.347. The lowest BCUT2D eigenvalue weighted by Gasteiger charge is -2.16. The highest BCUT2D eigenvalue weighted by molar-refractivity contribution is 5.77. The van der Waals surface area contributed by atoms with Crippen LogP contribution in [-0.2, 0) is 11.3 Å². The monoisotopic (exact) mass is 252 g/mol. The molecule has 0 spiro atoms. The molecular weight excluding hydrogens is 236 g/mol. The van der Waals surface area contributed by atoms with E-state index in [4.69, 9.17) is 0 Å². The van der Waals surface area contributed by atoms with Crippen molar-refractivity contribution in [2.24, 2.45) is 0 Å². The molecule has 0 aliphatic heterocycles. The van der Waals surface area contributed by atoms with Gasteiger partial charge in [0.15, 0.2) is 0 Å². The number of aliphatic hydroxyl groups is 1. The molecule has 18 heavy (non-hydrogen) atoms. The van der Waals surface area contributed by atoms with Crippen LogP contribution in [0.5, 0.6) is 0 Å². The van der Waals surface area contributed by atoms with Gasteiger partial charge in [0.05, 0.1) is 16.9 Å². The Balaban J connectivity index is 2.64. The smallest absolute Gasteiger partial charge is 0.274 e. The van der Waals surface area contributed by atoms with Gasteiger partial charge < -0.3 is 10.4 Å². The Hall–Kier alpha value is -1.95. The molecule has 0 heterocycles. The van der Waals surface area contributed by atoms with Crippen LogP contribution < -0.4 is 5.32 Å². The van der Waals surface area contributed by atoms with E-state index in [9.17, 15) is 20.0 Å². The molecule has 98 valence electrons. The molecule has 6 nitrogen and oxygen atoms in total. The number of hydrogen-bond acceptors (Lipinski definition) is 4. The second-order valence-electron chi connectivity index (χ2n) is 4.65. The van der Waals surface area contributed by atoms with Gasteiger partial charge in [-0.15, -0.1) is 0 Å². The van der Waals surface area contributed by atoms with Gasteiger partial charge in [0, 0.05) is 18.2 Å². The number of para-hydroxylation sites is 1. The molecule has 0 fully saturated rings. The van der Waals surface area contributed by atoms with Crippen LogP contribution in [0.4, 0.5) is 5.69 Å². The maximum atomic E-state index is 11.5. The third-order valence-corrected chi connectivity index (χ3v) is 2.26. The van der Waals surface area contributed by atoms with Crippen molar-refractivity contribution in [2.75, 3.05) is 0 Å². The van der Waals surface area contributed by atoms with Gasteiger partial charge in [-0.05, 0) is 13.8 Å². The number of hydrogen-bond donors (Lipinski definition) is 2. The van der Waals surface area contributed by atoms with Crippen LogP contribution in [0.25, 0.3) is 0 Å². The first kappa shape index (κ1) is 14.1. The van der Waals surface area contributed by atoms with E-state index in [0.717, 1.165) is 0 Å². The Labute approximate surface area is 105 Å². The van der Waals surface area contributed by atoms with Gasteiger partial charge in [0.1, 0.15) is 0 Å². The SMILES string of the molecule is CC(C)(O)CC(=O)NCc1ccccc1[N+](=O)[O-]. The highest BCUT2D eigenvalue weighted by Gasteiger charge is 2.19. The summed E-state index contributed by atoms with van der Waals surface area (Å²) in [6.07, 6.45) is -0.0480. The second-order valence-corrected chi connectivity index (χ2v) is 4.65. The van der Waals surface area contributed by atoms with Crippen LogP contribution in [0, 0.1) is 10.1 Å². The number of nitro benzene ring substituents is 1. The van der Waals surface area contributed by atoms with Crippen LogP contribution in [0.3, 0.4) is 0 Å². The van der Waals surface area contributed by atoms with Gasteiger partial charge in [-0.1, -0.05) is 18.2 Å². The molecule has 0 aliphatic carbocycles. The third kappa shape index (κ3) is 4.50. The molecule has 0 saturated heterocycles. The maximum absolute atomic E-state index is 11.5. The molecule has 0 aliphatic rings. The predicted octanol–water partition coefficient (Wildman–Crippen LogP) is 1.37. The summed E-state index contributed by atoms with van der Waals surface area (Å²) >= 11 is 0. The Morgan fingerprint density at radius 2 is 2.06 bits per heavy atom. The van der Waals surface area contributed by atoms with Crippen molar-refractivity contribution in [3.63, 3.8) is 0 Å². The van der Waals surface area contributed by atoms with E-state index in [1.54, 1.807) is 18.2 Å². The Kier molecular flexibility index (Phi) is 4.38. The number of amides is 1. The summed E-state index contributed by atoms with van der Waals surface area (Å²) in [5, 5.41) is 22.8. The topological polar surface area (TPSA) is 92.5 Å². The van der Waals surface area contributed by atoms with Crippen LogP contribution in [0.15, 0.2) is 24.3 Å². The Morgan fingerprint density at radius 3 is 2.61 bits per heavy atom. The summed E-state index contributed by atoms with van der Waals surface area (Å²) in [5.41, 5.74) is -0.681. The molecule has 1 amide bonds. The minimum Gasteiger partial charge on any atom is -0.390 e. The minimum atomic E-state index is -1.09. The van der Waals surface area contributed by atoms with E-state index < -0.39 is 10.5 Å². The molecule has 6 heteroatoms. The molecular formula is C12H16N2O4. The summed E-state index contributed by atoms with van der Waals surface area (Å²) < 4.78 is 0. The van der Waals surface area contributed by atoms with Crippen LogP contribution in [-0.4, -0.2) is 21.5 Å². The van der Waals surface area contributed by atoms with Crippen molar-refractivity contribution in [3.05, 3.63) is 39.9 Å².